The van der Waals surface area contributed by atoms with Crippen molar-refractivity contribution < 1.29 is 26.3 Å². The molecule has 0 atom stereocenters. The molecule has 0 radical (unpaired) electrons. The molecule has 0 aliphatic carbocycles. The normalized spacial score (nSPS) is 8.36. The summed E-state index contributed by atoms with van der Waals surface area (Å²) < 4.78 is 1.72. The molecule has 0 saturated heterocycles. The molecule has 11 heavy (non-hydrogen) atoms. The summed E-state index contributed by atoms with van der Waals surface area (Å²) in [7, 11) is 0. The number of pyridine rings is 1. The molecule has 0 bridgehead atoms. The fraction of sp³-hybridized carbons (Fsp3) is 0.143. The summed E-state index contributed by atoms with van der Waals surface area (Å²) in [5.74, 6) is -0.323. The number of nitrogens with zero attached hydrogens (tertiary/aromatic N) is 1. The number of primary amides is 1. The van der Waals surface area contributed by atoms with E-state index >= 15 is 0 Å². The fourth-order valence-corrected chi connectivity index (χ4v) is 0.720. The van der Waals surface area contributed by atoms with Crippen molar-refractivity contribution in [3.63, 3.8) is 0 Å². The lowest BCUT2D eigenvalue weighted by Gasteiger charge is -1.88. The lowest BCUT2D eigenvalue weighted by atomic mass is 10.5. The van der Waals surface area contributed by atoms with Crippen LogP contribution in [0.3, 0.4) is 0 Å². The number of halogens is 1. The predicted molar refractivity (Wildman–Crippen MR) is 35.8 cm³/mol. The minimum Gasteiger partial charge on any atom is -1.00 e. The molecule has 2 N–H and O–H groups in total. The largest absolute Gasteiger partial charge is 1.00 e. The molecule has 0 saturated carbocycles. The molecule has 0 spiro atoms. The summed E-state index contributed by atoms with van der Waals surface area (Å²) in [5.41, 5.74) is 4.96. The topological polar surface area (TPSA) is 47.0 Å². The quantitative estimate of drug-likeness (QED) is 0.512. The maximum absolute atomic E-state index is 10.4. The minimum absolute atomic E-state index is 0. The highest BCUT2D eigenvalue weighted by atomic mass is 79.9. The molecule has 1 heterocycles. The van der Waals surface area contributed by atoms with Gasteiger partial charge < -0.3 is 22.7 Å². The Kier molecular flexibility index (Phi) is 4.45. The summed E-state index contributed by atoms with van der Waals surface area (Å²) in [6.07, 6.45) is 3.59. The van der Waals surface area contributed by atoms with Gasteiger partial charge >= 0.3 is 0 Å². The Hall–Kier alpha value is -0.900. The smallest absolute Gasteiger partial charge is 0.283 e. The van der Waals surface area contributed by atoms with Gasteiger partial charge in [0.15, 0.2) is 12.4 Å². The zero-order chi connectivity index (χ0) is 7.40. The van der Waals surface area contributed by atoms with Crippen LogP contribution in [-0.4, -0.2) is 5.91 Å². The van der Waals surface area contributed by atoms with Crippen LogP contribution < -0.4 is 27.3 Å². The zero-order valence-corrected chi connectivity index (χ0v) is 7.49. The number of rotatable bonds is 2. The molecule has 0 aromatic carbocycles. The minimum atomic E-state index is -0.323. The number of nitrogens with two attached hydrogens (primary N) is 1. The van der Waals surface area contributed by atoms with Crippen molar-refractivity contribution in [3.8, 4) is 0 Å². The maximum Gasteiger partial charge on any atom is 0.283 e. The molecule has 0 aliphatic heterocycles. The first kappa shape index (κ1) is 10.1. The van der Waals surface area contributed by atoms with Gasteiger partial charge in [0, 0.05) is 12.1 Å². The van der Waals surface area contributed by atoms with Crippen LogP contribution in [0.1, 0.15) is 0 Å². The van der Waals surface area contributed by atoms with Crippen LogP contribution in [0.2, 0.25) is 0 Å². The van der Waals surface area contributed by atoms with Gasteiger partial charge in [-0.15, -0.1) is 0 Å². The average molecular weight is 217 g/mol. The maximum atomic E-state index is 10.4. The first-order valence-electron chi connectivity index (χ1n) is 3.01. The van der Waals surface area contributed by atoms with Crippen LogP contribution >= 0.6 is 0 Å². The van der Waals surface area contributed by atoms with Gasteiger partial charge in [-0.2, -0.15) is 4.57 Å². The van der Waals surface area contributed by atoms with E-state index in [4.69, 9.17) is 5.73 Å². The predicted octanol–water partition coefficient (Wildman–Crippen LogP) is -3.54. The Morgan fingerprint density at radius 2 is 1.82 bits per heavy atom. The van der Waals surface area contributed by atoms with Crippen LogP contribution in [-0.2, 0) is 11.3 Å². The van der Waals surface area contributed by atoms with Crippen LogP contribution in [0.25, 0.3) is 0 Å². The highest BCUT2D eigenvalue weighted by Gasteiger charge is 2.00. The molecule has 60 valence electrons. The van der Waals surface area contributed by atoms with Crippen molar-refractivity contribution in [3.05, 3.63) is 30.6 Å². The van der Waals surface area contributed by atoms with Crippen molar-refractivity contribution >= 4 is 5.91 Å². The second-order valence-corrected chi connectivity index (χ2v) is 2.01. The Morgan fingerprint density at radius 1 is 1.27 bits per heavy atom. The van der Waals surface area contributed by atoms with E-state index in [0.29, 0.717) is 0 Å². The van der Waals surface area contributed by atoms with Crippen molar-refractivity contribution in [1.29, 1.82) is 0 Å². The molecular weight excluding hydrogens is 208 g/mol. The van der Waals surface area contributed by atoms with E-state index in [9.17, 15) is 4.79 Å². The Morgan fingerprint density at radius 3 is 2.27 bits per heavy atom. The number of hydrogen-bond acceptors (Lipinski definition) is 1. The van der Waals surface area contributed by atoms with E-state index in [2.05, 4.69) is 0 Å². The van der Waals surface area contributed by atoms with Crippen molar-refractivity contribution in [2.24, 2.45) is 5.73 Å². The number of amides is 1. The van der Waals surface area contributed by atoms with Crippen LogP contribution in [0.5, 0.6) is 0 Å². The van der Waals surface area contributed by atoms with E-state index in [-0.39, 0.29) is 29.4 Å². The van der Waals surface area contributed by atoms with Crippen LogP contribution in [0.4, 0.5) is 0 Å². The molecule has 0 unspecified atom stereocenters. The van der Waals surface area contributed by atoms with Gasteiger partial charge in [-0.1, -0.05) is 6.07 Å². The van der Waals surface area contributed by atoms with Gasteiger partial charge in [0.1, 0.15) is 0 Å². The second-order valence-electron chi connectivity index (χ2n) is 2.01. The SMILES string of the molecule is NC(=O)C[n+]1ccccc1.[Br-]. The summed E-state index contributed by atoms with van der Waals surface area (Å²) >= 11 is 0. The Bertz CT molecular complexity index is 225. The highest BCUT2D eigenvalue weighted by molar-refractivity contribution is 5.72. The number of hydrogen-bond donors (Lipinski definition) is 1. The molecule has 0 fully saturated rings. The van der Waals surface area contributed by atoms with Gasteiger partial charge in [0.25, 0.3) is 5.91 Å². The third kappa shape index (κ3) is 3.72. The summed E-state index contributed by atoms with van der Waals surface area (Å²) in [4.78, 5) is 10.4. The van der Waals surface area contributed by atoms with Gasteiger partial charge in [-0.05, 0) is 0 Å². The Labute approximate surface area is 75.6 Å². The van der Waals surface area contributed by atoms with E-state index in [1.54, 1.807) is 17.0 Å². The molecule has 0 aliphatic rings. The first-order valence-corrected chi connectivity index (χ1v) is 3.01. The molecule has 3 nitrogen and oxygen atoms in total. The van der Waals surface area contributed by atoms with E-state index in [1.165, 1.54) is 0 Å². The van der Waals surface area contributed by atoms with Gasteiger partial charge in [0.05, 0.1) is 0 Å². The van der Waals surface area contributed by atoms with Crippen molar-refractivity contribution in [2.45, 2.75) is 6.54 Å². The summed E-state index contributed by atoms with van der Waals surface area (Å²) in [5, 5.41) is 0. The summed E-state index contributed by atoms with van der Waals surface area (Å²) in [6, 6.07) is 5.59. The van der Waals surface area contributed by atoms with Gasteiger partial charge in [0.2, 0.25) is 6.54 Å². The number of aromatic nitrogens is 1. The molecule has 4 heteroatoms. The molecule has 1 amide bonds. The fourth-order valence-electron chi connectivity index (χ4n) is 0.720. The Balaban J connectivity index is 0.000001000. The first-order chi connectivity index (χ1) is 4.79. The standard InChI is InChI=1S/C7H8N2O.BrH/c8-7(10)6-9-4-2-1-3-5-9;/h1-5H,6H2,(H-,8,10);1H. The average Bonchev–Trinajstić information content (AvgIpc) is 1.88. The third-order valence-corrected chi connectivity index (χ3v) is 1.12. The molecule has 1 rings (SSSR count). The van der Waals surface area contributed by atoms with E-state index < -0.39 is 0 Å². The van der Waals surface area contributed by atoms with Gasteiger partial charge in [-0.3, -0.25) is 4.79 Å². The lowest BCUT2D eigenvalue weighted by Crippen LogP contribution is -3.00. The monoisotopic (exact) mass is 216 g/mol. The van der Waals surface area contributed by atoms with Crippen molar-refractivity contribution in [1.82, 2.24) is 0 Å². The summed E-state index contributed by atoms with van der Waals surface area (Å²) in [6.45, 7) is 0.251. The lowest BCUT2D eigenvalue weighted by molar-refractivity contribution is -0.684. The van der Waals surface area contributed by atoms with Crippen molar-refractivity contribution in [2.75, 3.05) is 0 Å². The zero-order valence-electron chi connectivity index (χ0n) is 5.90. The number of carbonyl (C=O) groups is 1. The third-order valence-electron chi connectivity index (χ3n) is 1.12. The molecule has 1 aromatic heterocycles. The van der Waals surface area contributed by atoms with E-state index in [0.717, 1.165) is 0 Å². The molecular formula is C7H9BrN2O. The highest BCUT2D eigenvalue weighted by Crippen LogP contribution is 1.75. The van der Waals surface area contributed by atoms with Crippen LogP contribution in [0, 0.1) is 0 Å². The number of carbonyl (C=O) groups excluding carboxylic acids is 1. The van der Waals surface area contributed by atoms with Crippen LogP contribution in [0.15, 0.2) is 30.6 Å². The van der Waals surface area contributed by atoms with Gasteiger partial charge in [-0.25, -0.2) is 0 Å². The van der Waals surface area contributed by atoms with E-state index in [1.807, 2.05) is 18.2 Å². The second kappa shape index (κ2) is 4.85. The molecule has 1 aromatic rings.